The third kappa shape index (κ3) is 3.79. The number of benzene rings is 1. The quantitative estimate of drug-likeness (QED) is 0.348. The predicted octanol–water partition coefficient (Wildman–Crippen LogP) is 5.35. The number of anilines is 1. The van der Waals surface area contributed by atoms with Crippen molar-refractivity contribution >= 4 is 39.0 Å². The smallest absolute Gasteiger partial charge is 0.192 e. The number of nitrogen functional groups attached to an aromatic ring is 1. The molecule has 0 aliphatic rings. The van der Waals surface area contributed by atoms with Gasteiger partial charge in [-0.2, -0.15) is 0 Å². The van der Waals surface area contributed by atoms with Gasteiger partial charge in [0, 0.05) is 23.4 Å². The highest BCUT2D eigenvalue weighted by atomic mass is 32.2. The van der Waals surface area contributed by atoms with Gasteiger partial charge in [-0.05, 0) is 35.9 Å². The highest BCUT2D eigenvalue weighted by molar-refractivity contribution is 7.98. The summed E-state index contributed by atoms with van der Waals surface area (Å²) in [6.07, 6.45) is 3.31. The summed E-state index contributed by atoms with van der Waals surface area (Å²) in [5.74, 6) is 0.368. The van der Waals surface area contributed by atoms with Crippen LogP contribution in [-0.4, -0.2) is 19.7 Å². The van der Waals surface area contributed by atoms with Crippen LogP contribution in [0.15, 0.2) is 64.5 Å². The van der Waals surface area contributed by atoms with Gasteiger partial charge >= 0.3 is 0 Å². The summed E-state index contributed by atoms with van der Waals surface area (Å²) in [6.45, 7) is 0.380. The van der Waals surface area contributed by atoms with Crippen LogP contribution in [-0.2, 0) is 12.3 Å². The highest BCUT2D eigenvalue weighted by Crippen LogP contribution is 2.40. The van der Waals surface area contributed by atoms with E-state index in [9.17, 15) is 8.78 Å². The number of nitrogens with zero attached hydrogens (tertiary/aromatic N) is 4. The van der Waals surface area contributed by atoms with E-state index in [-0.39, 0.29) is 5.75 Å². The normalized spacial score (nSPS) is 11.4. The van der Waals surface area contributed by atoms with E-state index in [1.165, 1.54) is 35.2 Å². The lowest BCUT2D eigenvalue weighted by molar-refractivity contribution is 0.485. The number of fused-ring (bicyclic) bond motifs is 1. The van der Waals surface area contributed by atoms with Crippen LogP contribution < -0.4 is 5.73 Å². The maximum atomic E-state index is 14.1. The summed E-state index contributed by atoms with van der Waals surface area (Å²) in [5.41, 5.74) is 7.36. The number of aromatic nitrogens is 4. The van der Waals surface area contributed by atoms with Gasteiger partial charge in [0.1, 0.15) is 22.2 Å². The van der Waals surface area contributed by atoms with Crippen LogP contribution in [0.1, 0.15) is 11.3 Å². The lowest BCUT2D eigenvalue weighted by atomic mass is 10.2. The van der Waals surface area contributed by atoms with E-state index >= 15 is 0 Å². The molecule has 6 nitrogen and oxygen atoms in total. The maximum absolute atomic E-state index is 14.1. The zero-order valence-electron chi connectivity index (χ0n) is 16.0. The molecule has 2 N–H and O–H groups in total. The number of furan rings is 1. The Morgan fingerprint density at radius 2 is 2.03 bits per heavy atom. The molecular weight excluding hydrogens is 440 g/mol. The summed E-state index contributed by atoms with van der Waals surface area (Å²) < 4.78 is 34.7. The highest BCUT2D eigenvalue weighted by Gasteiger charge is 2.21. The van der Waals surface area contributed by atoms with E-state index in [1.807, 2.05) is 22.8 Å². The van der Waals surface area contributed by atoms with Crippen molar-refractivity contribution in [3.8, 4) is 10.7 Å². The number of thioether (sulfide) groups is 1. The number of halogens is 2. The molecule has 4 aromatic heterocycles. The molecule has 4 heterocycles. The van der Waals surface area contributed by atoms with Gasteiger partial charge in [0.05, 0.1) is 23.4 Å². The lowest BCUT2D eigenvalue weighted by Crippen LogP contribution is -2.04. The van der Waals surface area contributed by atoms with E-state index in [4.69, 9.17) is 10.2 Å². The van der Waals surface area contributed by atoms with Crippen molar-refractivity contribution in [2.45, 2.75) is 17.5 Å². The Hall–Kier alpha value is -3.24. The minimum absolute atomic E-state index is 0.270. The summed E-state index contributed by atoms with van der Waals surface area (Å²) in [5, 5.41) is 10.1. The average molecular weight is 456 g/mol. The molecule has 31 heavy (non-hydrogen) atoms. The van der Waals surface area contributed by atoms with E-state index < -0.39 is 11.6 Å². The molecule has 0 spiro atoms. The molecule has 0 aliphatic carbocycles. The van der Waals surface area contributed by atoms with Crippen LogP contribution in [0, 0.1) is 11.6 Å². The minimum atomic E-state index is -0.608. The fourth-order valence-electron chi connectivity index (χ4n) is 3.16. The third-order valence-electron chi connectivity index (χ3n) is 4.69. The monoisotopic (exact) mass is 455 g/mol. The molecule has 0 fully saturated rings. The molecule has 0 atom stereocenters. The topological polar surface area (TPSA) is 82.8 Å². The average Bonchev–Trinajstić information content (AvgIpc) is 3.48. The number of hydrogen-bond donors (Lipinski definition) is 1. The first-order chi connectivity index (χ1) is 15.1. The Labute approximate surface area is 183 Å². The molecule has 0 unspecified atom stereocenters. The molecule has 5 aromatic rings. The first-order valence-electron chi connectivity index (χ1n) is 9.26. The van der Waals surface area contributed by atoms with Gasteiger partial charge in [0.25, 0.3) is 0 Å². The van der Waals surface area contributed by atoms with E-state index in [0.29, 0.717) is 34.5 Å². The van der Waals surface area contributed by atoms with Crippen LogP contribution >= 0.6 is 23.1 Å². The van der Waals surface area contributed by atoms with Crippen LogP contribution in [0.25, 0.3) is 20.9 Å². The molecule has 10 heteroatoms. The molecule has 1 aromatic carbocycles. The SMILES string of the molecule is Nc1c(-c2nnc(SCc3ccc(F)cc3F)n2Cc2ccco2)sc2ncccc12. The van der Waals surface area contributed by atoms with Gasteiger partial charge in [-0.25, -0.2) is 13.8 Å². The second-order valence-electron chi connectivity index (χ2n) is 6.70. The number of thiophene rings is 1. The Bertz CT molecular complexity index is 1360. The van der Waals surface area contributed by atoms with Crippen LogP contribution in [0.4, 0.5) is 14.5 Å². The Morgan fingerprint density at radius 3 is 2.81 bits per heavy atom. The minimum Gasteiger partial charge on any atom is -0.467 e. The first-order valence-corrected chi connectivity index (χ1v) is 11.1. The van der Waals surface area contributed by atoms with Gasteiger partial charge in [-0.1, -0.05) is 17.8 Å². The fraction of sp³-hybridized carbons (Fsp3) is 0.0952. The van der Waals surface area contributed by atoms with Gasteiger partial charge in [0.2, 0.25) is 0 Å². The number of nitrogens with two attached hydrogens (primary N) is 1. The van der Waals surface area contributed by atoms with Crippen molar-refractivity contribution in [1.29, 1.82) is 0 Å². The fourth-order valence-corrected chi connectivity index (χ4v) is 5.14. The van der Waals surface area contributed by atoms with E-state index in [2.05, 4.69) is 15.2 Å². The molecule has 0 radical (unpaired) electrons. The van der Waals surface area contributed by atoms with Gasteiger partial charge in [-0.3, -0.25) is 4.57 Å². The van der Waals surface area contributed by atoms with E-state index in [0.717, 1.165) is 21.2 Å². The Morgan fingerprint density at radius 1 is 1.13 bits per heavy atom. The number of rotatable bonds is 6. The molecule has 0 saturated carbocycles. The molecule has 0 bridgehead atoms. The van der Waals surface area contributed by atoms with Crippen molar-refractivity contribution in [1.82, 2.24) is 19.7 Å². The standard InChI is InChI=1S/C21H15F2N5OS2/c22-13-6-5-12(16(23)9-13)11-30-21-27-26-19(28(21)10-14-3-2-8-29-14)18-17(24)15-4-1-7-25-20(15)31-18/h1-9H,10-11,24H2. The zero-order chi connectivity index (χ0) is 21.4. The van der Waals surface area contributed by atoms with Crippen molar-refractivity contribution in [2.75, 3.05) is 5.73 Å². The lowest BCUT2D eigenvalue weighted by Gasteiger charge is -2.09. The number of hydrogen-bond acceptors (Lipinski definition) is 7. The van der Waals surface area contributed by atoms with Crippen molar-refractivity contribution in [3.63, 3.8) is 0 Å². The molecule has 156 valence electrons. The Kier molecular flexibility index (Phi) is 5.16. The van der Waals surface area contributed by atoms with Crippen molar-refractivity contribution < 1.29 is 13.2 Å². The molecule has 0 amide bonds. The first kappa shape index (κ1) is 19.7. The summed E-state index contributed by atoms with van der Waals surface area (Å²) in [6, 6.07) is 11.0. The second kappa shape index (κ2) is 8.12. The van der Waals surface area contributed by atoms with Crippen molar-refractivity contribution in [3.05, 3.63) is 77.9 Å². The van der Waals surface area contributed by atoms with Crippen LogP contribution in [0.2, 0.25) is 0 Å². The third-order valence-corrected chi connectivity index (χ3v) is 6.83. The van der Waals surface area contributed by atoms with Gasteiger partial charge < -0.3 is 10.2 Å². The van der Waals surface area contributed by atoms with E-state index in [1.54, 1.807) is 18.5 Å². The van der Waals surface area contributed by atoms with Crippen LogP contribution in [0.3, 0.4) is 0 Å². The van der Waals surface area contributed by atoms with Gasteiger partial charge in [-0.15, -0.1) is 21.5 Å². The Balaban J connectivity index is 1.54. The summed E-state index contributed by atoms with van der Waals surface area (Å²) in [7, 11) is 0. The molecule has 0 aliphatic heterocycles. The summed E-state index contributed by atoms with van der Waals surface area (Å²) in [4.78, 5) is 5.95. The predicted molar refractivity (Wildman–Crippen MR) is 117 cm³/mol. The largest absolute Gasteiger partial charge is 0.467 e. The van der Waals surface area contributed by atoms with Crippen molar-refractivity contribution in [2.24, 2.45) is 0 Å². The van der Waals surface area contributed by atoms with Gasteiger partial charge in [0.15, 0.2) is 11.0 Å². The molecular formula is C21H15F2N5OS2. The number of pyridine rings is 1. The maximum Gasteiger partial charge on any atom is 0.192 e. The summed E-state index contributed by atoms with van der Waals surface area (Å²) >= 11 is 2.74. The second-order valence-corrected chi connectivity index (χ2v) is 8.64. The van der Waals surface area contributed by atoms with Crippen LogP contribution in [0.5, 0.6) is 0 Å². The molecule has 0 saturated heterocycles. The molecule has 5 rings (SSSR count). The zero-order valence-corrected chi connectivity index (χ0v) is 17.6.